The summed E-state index contributed by atoms with van der Waals surface area (Å²) in [5.41, 5.74) is 0.781. The van der Waals surface area contributed by atoms with E-state index in [1.165, 1.54) is 12.1 Å². The third-order valence-electron chi connectivity index (χ3n) is 2.37. The van der Waals surface area contributed by atoms with E-state index in [0.29, 0.717) is 11.4 Å². The van der Waals surface area contributed by atoms with Gasteiger partial charge in [0.1, 0.15) is 5.82 Å². The number of aromatic nitrogens is 1. The van der Waals surface area contributed by atoms with E-state index in [1.807, 2.05) is 0 Å². The quantitative estimate of drug-likeness (QED) is 0.854. The highest BCUT2D eigenvalue weighted by Crippen LogP contribution is 2.20. The molecule has 0 aliphatic rings. The van der Waals surface area contributed by atoms with Crippen LogP contribution in [0, 0.1) is 5.82 Å². The Morgan fingerprint density at radius 3 is 2.82 bits per heavy atom. The van der Waals surface area contributed by atoms with E-state index in [-0.39, 0.29) is 22.5 Å². The number of thiazole rings is 1. The molecule has 10 heteroatoms. The van der Waals surface area contributed by atoms with Crippen molar-refractivity contribution in [1.82, 2.24) is 4.98 Å². The fourth-order valence-corrected chi connectivity index (χ4v) is 3.28. The summed E-state index contributed by atoms with van der Waals surface area (Å²) >= 11 is 6.70. The average molecular weight is 364 g/mol. The summed E-state index contributed by atoms with van der Waals surface area (Å²) < 4.78 is 37.4. The number of sulfonamides is 1. The molecule has 1 amide bonds. The Balaban J connectivity index is 1.98. The smallest absolute Gasteiger partial charge is 0.231 e. The molecule has 0 aliphatic carbocycles. The SMILES string of the molecule is CS(=O)(=O)Nc1nc(CC(=O)Nc2ccc(F)c(Cl)c2)cs1. The predicted molar refractivity (Wildman–Crippen MR) is 84.3 cm³/mol. The van der Waals surface area contributed by atoms with Gasteiger partial charge in [-0.2, -0.15) is 0 Å². The van der Waals surface area contributed by atoms with Crippen molar-refractivity contribution in [2.24, 2.45) is 0 Å². The number of nitrogens with zero attached hydrogens (tertiary/aromatic N) is 1. The van der Waals surface area contributed by atoms with E-state index < -0.39 is 15.8 Å². The van der Waals surface area contributed by atoms with Crippen LogP contribution < -0.4 is 10.0 Å². The second kappa shape index (κ2) is 6.59. The van der Waals surface area contributed by atoms with Crippen molar-refractivity contribution in [2.45, 2.75) is 6.42 Å². The lowest BCUT2D eigenvalue weighted by Gasteiger charge is -2.04. The van der Waals surface area contributed by atoms with Crippen molar-refractivity contribution in [1.29, 1.82) is 0 Å². The number of amides is 1. The van der Waals surface area contributed by atoms with Crippen molar-refractivity contribution in [3.8, 4) is 0 Å². The van der Waals surface area contributed by atoms with Crippen LogP contribution in [0.2, 0.25) is 5.02 Å². The molecule has 0 spiro atoms. The van der Waals surface area contributed by atoms with Crippen molar-refractivity contribution < 1.29 is 17.6 Å². The van der Waals surface area contributed by atoms with E-state index in [2.05, 4.69) is 15.0 Å². The first kappa shape index (κ1) is 16.7. The largest absolute Gasteiger partial charge is 0.326 e. The summed E-state index contributed by atoms with van der Waals surface area (Å²) in [6, 6.07) is 3.83. The van der Waals surface area contributed by atoms with Crippen LogP contribution in [-0.2, 0) is 21.2 Å². The molecule has 2 N–H and O–H groups in total. The predicted octanol–water partition coefficient (Wildman–Crippen LogP) is 2.49. The number of rotatable bonds is 5. The fourth-order valence-electron chi connectivity index (χ4n) is 1.54. The van der Waals surface area contributed by atoms with Crippen LogP contribution in [0.1, 0.15) is 5.69 Å². The van der Waals surface area contributed by atoms with E-state index in [4.69, 9.17) is 11.6 Å². The standard InChI is InChI=1S/C12H11ClFN3O3S2/c1-22(19,20)17-12-16-8(6-21-12)5-11(18)15-7-2-3-10(14)9(13)4-7/h2-4,6H,5H2,1H3,(H,15,18)(H,16,17). The first-order valence-corrected chi connectivity index (χ1v) is 9.05. The molecule has 0 bridgehead atoms. The molecule has 0 saturated heterocycles. The first-order chi connectivity index (χ1) is 10.2. The number of nitrogens with one attached hydrogen (secondary N) is 2. The molecule has 0 fully saturated rings. The number of carbonyl (C=O) groups excluding carboxylic acids is 1. The van der Waals surface area contributed by atoms with Gasteiger partial charge in [0.2, 0.25) is 15.9 Å². The normalized spacial score (nSPS) is 11.2. The summed E-state index contributed by atoms with van der Waals surface area (Å²) in [4.78, 5) is 15.8. The molecule has 1 aromatic heterocycles. The Labute approximate surface area is 135 Å². The van der Waals surface area contributed by atoms with Gasteiger partial charge < -0.3 is 5.32 Å². The van der Waals surface area contributed by atoms with Crippen LogP contribution in [0.25, 0.3) is 0 Å². The Bertz CT molecular complexity index is 808. The van der Waals surface area contributed by atoms with Crippen molar-refractivity contribution in [3.05, 3.63) is 40.1 Å². The van der Waals surface area contributed by atoms with Gasteiger partial charge in [0, 0.05) is 11.1 Å². The minimum Gasteiger partial charge on any atom is -0.326 e. The van der Waals surface area contributed by atoms with Crippen LogP contribution in [0.4, 0.5) is 15.2 Å². The highest BCUT2D eigenvalue weighted by atomic mass is 35.5. The third kappa shape index (κ3) is 4.93. The van der Waals surface area contributed by atoms with Crippen molar-refractivity contribution in [3.63, 3.8) is 0 Å². The van der Waals surface area contributed by atoms with Gasteiger partial charge in [-0.05, 0) is 18.2 Å². The first-order valence-electron chi connectivity index (χ1n) is 5.90. The second-order valence-electron chi connectivity index (χ2n) is 4.37. The molecule has 0 atom stereocenters. The summed E-state index contributed by atoms with van der Waals surface area (Å²) in [7, 11) is -3.40. The molecule has 0 unspecified atom stereocenters. The average Bonchev–Trinajstić information content (AvgIpc) is 2.78. The highest BCUT2D eigenvalue weighted by Gasteiger charge is 2.11. The molecule has 0 aliphatic heterocycles. The van der Waals surface area contributed by atoms with Crippen LogP contribution in [0.15, 0.2) is 23.6 Å². The summed E-state index contributed by atoms with van der Waals surface area (Å²) in [6.45, 7) is 0. The third-order valence-corrected chi connectivity index (χ3v) is 4.16. The van der Waals surface area contributed by atoms with E-state index in [9.17, 15) is 17.6 Å². The molecule has 118 valence electrons. The van der Waals surface area contributed by atoms with E-state index >= 15 is 0 Å². The topological polar surface area (TPSA) is 88.2 Å². The molecule has 6 nitrogen and oxygen atoms in total. The Kier molecular flexibility index (Phi) is 4.99. The van der Waals surface area contributed by atoms with Crippen LogP contribution in [-0.4, -0.2) is 25.6 Å². The lowest BCUT2D eigenvalue weighted by Crippen LogP contribution is -2.15. The van der Waals surface area contributed by atoms with Crippen LogP contribution in [0.3, 0.4) is 0 Å². The molecular weight excluding hydrogens is 353 g/mol. The number of anilines is 2. The Hall–Kier alpha value is -1.71. The zero-order chi connectivity index (χ0) is 16.3. The number of benzene rings is 1. The van der Waals surface area contributed by atoms with Crippen LogP contribution >= 0.6 is 22.9 Å². The second-order valence-corrected chi connectivity index (χ2v) is 7.39. The zero-order valence-electron chi connectivity index (χ0n) is 11.3. The van der Waals surface area contributed by atoms with Gasteiger partial charge in [0.25, 0.3) is 0 Å². The van der Waals surface area contributed by atoms with Gasteiger partial charge in [-0.1, -0.05) is 11.6 Å². The van der Waals surface area contributed by atoms with Gasteiger partial charge >= 0.3 is 0 Å². The molecule has 2 aromatic rings. The lowest BCUT2D eigenvalue weighted by atomic mass is 10.2. The molecule has 22 heavy (non-hydrogen) atoms. The number of carbonyl (C=O) groups is 1. The lowest BCUT2D eigenvalue weighted by molar-refractivity contribution is -0.115. The highest BCUT2D eigenvalue weighted by molar-refractivity contribution is 7.92. The number of halogens is 2. The number of hydrogen-bond acceptors (Lipinski definition) is 5. The van der Waals surface area contributed by atoms with Gasteiger partial charge in [-0.15, -0.1) is 11.3 Å². The van der Waals surface area contributed by atoms with E-state index in [1.54, 1.807) is 5.38 Å². The minimum absolute atomic E-state index is 0.0447. The molecule has 0 radical (unpaired) electrons. The van der Waals surface area contributed by atoms with Gasteiger partial charge in [-0.3, -0.25) is 9.52 Å². The monoisotopic (exact) mass is 363 g/mol. The molecule has 1 heterocycles. The van der Waals surface area contributed by atoms with Crippen molar-refractivity contribution in [2.75, 3.05) is 16.3 Å². The maximum atomic E-state index is 13.0. The number of hydrogen-bond donors (Lipinski definition) is 2. The Morgan fingerprint density at radius 2 is 2.18 bits per heavy atom. The van der Waals surface area contributed by atoms with Gasteiger partial charge in [0.05, 0.1) is 23.4 Å². The Morgan fingerprint density at radius 1 is 1.45 bits per heavy atom. The molecular formula is C12H11ClFN3O3S2. The van der Waals surface area contributed by atoms with Gasteiger partial charge in [0.15, 0.2) is 5.13 Å². The fraction of sp³-hybridized carbons (Fsp3) is 0.167. The molecule has 0 saturated carbocycles. The maximum absolute atomic E-state index is 13.0. The maximum Gasteiger partial charge on any atom is 0.231 e. The molecule has 2 rings (SSSR count). The summed E-state index contributed by atoms with van der Waals surface area (Å²) in [5, 5.41) is 4.22. The van der Waals surface area contributed by atoms with Crippen LogP contribution in [0.5, 0.6) is 0 Å². The van der Waals surface area contributed by atoms with E-state index in [0.717, 1.165) is 23.7 Å². The van der Waals surface area contributed by atoms with Crippen molar-refractivity contribution >= 4 is 49.7 Å². The summed E-state index contributed by atoms with van der Waals surface area (Å²) in [6.07, 6.45) is 0.968. The summed E-state index contributed by atoms with van der Waals surface area (Å²) in [5.74, 6) is -0.950. The minimum atomic E-state index is -3.40. The molecule has 1 aromatic carbocycles. The zero-order valence-corrected chi connectivity index (χ0v) is 13.6. The van der Waals surface area contributed by atoms with Gasteiger partial charge in [-0.25, -0.2) is 17.8 Å².